The Morgan fingerprint density at radius 1 is 1.42 bits per heavy atom. The first-order valence-electron chi connectivity index (χ1n) is 10.8. The summed E-state index contributed by atoms with van der Waals surface area (Å²) in [6, 6.07) is 1.75. The summed E-state index contributed by atoms with van der Waals surface area (Å²) in [6.07, 6.45) is 4.48. The van der Waals surface area contributed by atoms with Crippen molar-refractivity contribution < 1.29 is 14.4 Å². The minimum atomic E-state index is -0.858. The Labute approximate surface area is 190 Å². The van der Waals surface area contributed by atoms with Gasteiger partial charge in [-0.15, -0.1) is 11.3 Å². The van der Waals surface area contributed by atoms with Gasteiger partial charge in [0, 0.05) is 10.6 Å². The fraction of sp³-hybridized carbons (Fsp3) is 0.636. The fourth-order valence-electron chi connectivity index (χ4n) is 4.71. The van der Waals surface area contributed by atoms with Gasteiger partial charge in [0.05, 0.1) is 5.56 Å². The fourth-order valence-corrected chi connectivity index (χ4v) is 7.33. The molecule has 2 unspecified atom stereocenters. The van der Waals surface area contributed by atoms with Crippen molar-refractivity contribution in [3.8, 4) is 6.07 Å². The van der Waals surface area contributed by atoms with Gasteiger partial charge in [-0.2, -0.15) is 17.0 Å². The highest BCUT2D eigenvalue weighted by Crippen LogP contribution is 2.45. The second-order valence-electron chi connectivity index (χ2n) is 9.36. The molecule has 2 saturated heterocycles. The second-order valence-corrected chi connectivity index (χ2v) is 11.6. The summed E-state index contributed by atoms with van der Waals surface area (Å²) in [4.78, 5) is 40.0. The molecule has 31 heavy (non-hydrogen) atoms. The molecule has 2 fully saturated rings. The van der Waals surface area contributed by atoms with Gasteiger partial charge >= 0.3 is 6.03 Å². The predicted octanol–water partition coefficient (Wildman–Crippen LogP) is 3.53. The summed E-state index contributed by atoms with van der Waals surface area (Å²) in [5.41, 5.74) is 0.948. The standard InChI is InChI=1S/C22H28N4O3S2/c1-4-21(2,3)13-5-6-14-15(10-23)18(31-16(14)9-13)24-17(27)11-26-19(28)22(25-20(26)29)7-8-30-12-22/h13H,4-9,11-12H2,1-3H3,(H,24,27)(H,25,29). The van der Waals surface area contributed by atoms with Crippen LogP contribution in [0.25, 0.3) is 0 Å². The molecule has 1 aliphatic carbocycles. The Hall–Kier alpha value is -2.05. The van der Waals surface area contributed by atoms with Gasteiger partial charge in [0.15, 0.2) is 0 Å². The molecule has 3 aliphatic rings. The molecule has 1 spiro atoms. The number of fused-ring (bicyclic) bond motifs is 1. The first-order chi connectivity index (χ1) is 14.7. The monoisotopic (exact) mass is 460 g/mol. The summed E-state index contributed by atoms with van der Waals surface area (Å²) in [5, 5.41) is 15.8. The van der Waals surface area contributed by atoms with Crippen LogP contribution in [0.5, 0.6) is 0 Å². The molecule has 9 heteroatoms. The smallest absolute Gasteiger partial charge is 0.322 e. The number of hydrogen-bond acceptors (Lipinski definition) is 6. The third-order valence-corrected chi connectivity index (χ3v) is 9.58. The van der Waals surface area contributed by atoms with E-state index in [1.807, 2.05) is 0 Å². The van der Waals surface area contributed by atoms with E-state index in [1.165, 1.54) is 16.2 Å². The molecule has 0 radical (unpaired) electrons. The molecule has 0 aromatic carbocycles. The number of carbonyl (C=O) groups is 3. The van der Waals surface area contributed by atoms with Gasteiger partial charge in [-0.25, -0.2) is 4.79 Å². The summed E-state index contributed by atoms with van der Waals surface area (Å²) < 4.78 is 0. The van der Waals surface area contributed by atoms with Crippen molar-refractivity contribution in [2.45, 2.75) is 58.4 Å². The number of thiophene rings is 1. The quantitative estimate of drug-likeness (QED) is 0.655. The van der Waals surface area contributed by atoms with Gasteiger partial charge in [0.25, 0.3) is 5.91 Å². The molecule has 4 rings (SSSR count). The van der Waals surface area contributed by atoms with Gasteiger partial charge in [0.1, 0.15) is 23.2 Å². The zero-order valence-corrected chi connectivity index (χ0v) is 19.8. The number of anilines is 1. The van der Waals surface area contributed by atoms with Crippen LogP contribution in [0.4, 0.5) is 9.80 Å². The number of nitrogens with one attached hydrogen (secondary N) is 2. The summed E-state index contributed by atoms with van der Waals surface area (Å²) in [5.74, 6) is 1.13. The molecule has 2 aliphatic heterocycles. The van der Waals surface area contributed by atoms with E-state index in [0.29, 0.717) is 28.7 Å². The van der Waals surface area contributed by atoms with Crippen molar-refractivity contribution in [2.75, 3.05) is 23.4 Å². The second kappa shape index (κ2) is 8.14. The number of imide groups is 1. The van der Waals surface area contributed by atoms with E-state index in [9.17, 15) is 19.6 Å². The Morgan fingerprint density at radius 3 is 2.84 bits per heavy atom. The highest BCUT2D eigenvalue weighted by atomic mass is 32.2. The SMILES string of the molecule is CCC(C)(C)C1CCc2c(sc(NC(=O)CN3C(=O)NC4(CCSC4)C3=O)c2C#N)C1. The number of amides is 4. The maximum Gasteiger partial charge on any atom is 0.325 e. The maximum absolute atomic E-state index is 12.8. The molecule has 2 N–H and O–H groups in total. The van der Waals surface area contributed by atoms with Gasteiger partial charge in [-0.1, -0.05) is 27.2 Å². The van der Waals surface area contributed by atoms with Crippen molar-refractivity contribution >= 4 is 45.9 Å². The van der Waals surface area contributed by atoms with Crippen molar-refractivity contribution in [1.29, 1.82) is 5.26 Å². The highest BCUT2D eigenvalue weighted by Gasteiger charge is 2.53. The molecule has 0 saturated carbocycles. The number of hydrogen-bond donors (Lipinski definition) is 2. The number of nitrogens with zero attached hydrogens (tertiary/aromatic N) is 2. The lowest BCUT2D eigenvalue weighted by atomic mass is 9.69. The molecule has 0 bridgehead atoms. The third kappa shape index (κ3) is 3.85. The first kappa shape index (κ1) is 22.2. The molecule has 3 heterocycles. The zero-order valence-electron chi connectivity index (χ0n) is 18.2. The van der Waals surface area contributed by atoms with Crippen LogP contribution in [0.15, 0.2) is 0 Å². The van der Waals surface area contributed by atoms with E-state index < -0.39 is 17.5 Å². The number of thioether (sulfide) groups is 1. The van der Waals surface area contributed by atoms with Gasteiger partial charge in [0.2, 0.25) is 5.91 Å². The summed E-state index contributed by atoms with van der Waals surface area (Å²) in [6.45, 7) is 6.45. The Balaban J connectivity index is 1.48. The summed E-state index contributed by atoms with van der Waals surface area (Å²) >= 11 is 3.09. The largest absolute Gasteiger partial charge is 0.325 e. The summed E-state index contributed by atoms with van der Waals surface area (Å²) in [7, 11) is 0. The number of carbonyl (C=O) groups excluding carboxylic acids is 3. The minimum Gasteiger partial charge on any atom is -0.322 e. The van der Waals surface area contributed by atoms with Crippen LogP contribution in [0.3, 0.4) is 0 Å². The Bertz CT molecular complexity index is 972. The zero-order chi connectivity index (χ0) is 22.4. The minimum absolute atomic E-state index is 0.232. The molecular formula is C22H28N4O3S2. The van der Waals surface area contributed by atoms with Crippen LogP contribution < -0.4 is 10.6 Å². The maximum atomic E-state index is 12.8. The number of nitriles is 1. The lowest BCUT2D eigenvalue weighted by molar-refractivity contribution is -0.133. The van der Waals surface area contributed by atoms with Gasteiger partial charge in [-0.3, -0.25) is 14.5 Å². The number of urea groups is 1. The lowest BCUT2D eigenvalue weighted by Crippen LogP contribution is -2.47. The van der Waals surface area contributed by atoms with Crippen molar-refractivity contribution in [3.63, 3.8) is 0 Å². The third-order valence-electron chi connectivity index (χ3n) is 7.22. The van der Waals surface area contributed by atoms with Crippen LogP contribution in [-0.2, 0) is 22.4 Å². The van der Waals surface area contributed by atoms with Crippen LogP contribution in [0, 0.1) is 22.7 Å². The van der Waals surface area contributed by atoms with Crippen molar-refractivity contribution in [2.24, 2.45) is 11.3 Å². The van der Waals surface area contributed by atoms with E-state index in [0.717, 1.165) is 41.9 Å². The van der Waals surface area contributed by atoms with Crippen LogP contribution in [-0.4, -0.2) is 46.3 Å². The van der Waals surface area contributed by atoms with E-state index in [1.54, 1.807) is 11.8 Å². The van der Waals surface area contributed by atoms with E-state index in [-0.39, 0.29) is 17.9 Å². The topological polar surface area (TPSA) is 102 Å². The molecule has 2 atom stereocenters. The average Bonchev–Trinajstić information content (AvgIpc) is 3.40. The molecule has 1 aromatic rings. The lowest BCUT2D eigenvalue weighted by Gasteiger charge is -2.36. The molecule has 4 amide bonds. The van der Waals surface area contributed by atoms with Crippen LogP contribution in [0.1, 0.15) is 56.0 Å². The normalized spacial score (nSPS) is 25.5. The Kier molecular flexibility index (Phi) is 5.81. The van der Waals surface area contributed by atoms with Crippen molar-refractivity contribution in [3.05, 3.63) is 16.0 Å². The van der Waals surface area contributed by atoms with E-state index in [2.05, 4.69) is 37.5 Å². The predicted molar refractivity (Wildman–Crippen MR) is 122 cm³/mol. The average molecular weight is 461 g/mol. The Morgan fingerprint density at radius 2 is 2.19 bits per heavy atom. The van der Waals surface area contributed by atoms with Gasteiger partial charge in [-0.05, 0) is 48.3 Å². The van der Waals surface area contributed by atoms with Crippen molar-refractivity contribution in [1.82, 2.24) is 10.2 Å². The molecular weight excluding hydrogens is 432 g/mol. The highest BCUT2D eigenvalue weighted by molar-refractivity contribution is 7.99. The van der Waals surface area contributed by atoms with Crippen LogP contribution >= 0.6 is 23.1 Å². The first-order valence-corrected chi connectivity index (χ1v) is 12.7. The van der Waals surface area contributed by atoms with Crippen LogP contribution in [0.2, 0.25) is 0 Å². The van der Waals surface area contributed by atoms with Gasteiger partial charge < -0.3 is 10.6 Å². The number of rotatable bonds is 5. The van der Waals surface area contributed by atoms with E-state index >= 15 is 0 Å². The molecule has 1 aromatic heterocycles. The molecule has 7 nitrogen and oxygen atoms in total. The molecule has 166 valence electrons. The van der Waals surface area contributed by atoms with E-state index in [4.69, 9.17) is 0 Å².